The number of amides is 2. The molecule has 1 aromatic carbocycles. The largest absolute Gasteiger partial charge is 0.335 e. The Morgan fingerprint density at radius 2 is 1.96 bits per heavy atom. The van der Waals surface area contributed by atoms with Crippen LogP contribution in [0, 0.1) is 5.92 Å². The smallest absolute Gasteiger partial charge is 0.318 e. The lowest BCUT2D eigenvalue weighted by Gasteiger charge is -2.32. The summed E-state index contributed by atoms with van der Waals surface area (Å²) < 4.78 is 2.06. The maximum atomic E-state index is 12.7. The number of benzene rings is 1. The SMILES string of the molecule is C[C@H](NC(=O)N1CCn2nc(Cc3ccccc3)cc2C1)C1CCCCC1. The molecule has 4 rings (SSSR count). The highest BCUT2D eigenvalue weighted by atomic mass is 16.2. The molecule has 144 valence electrons. The molecule has 2 aromatic rings. The van der Waals surface area contributed by atoms with Crippen LogP contribution < -0.4 is 5.32 Å². The Bertz CT molecular complexity index is 764. The van der Waals surface area contributed by atoms with E-state index in [1.165, 1.54) is 37.7 Å². The van der Waals surface area contributed by atoms with Gasteiger partial charge in [-0.05, 0) is 37.3 Å². The van der Waals surface area contributed by atoms with Crippen LogP contribution in [0.1, 0.15) is 56.0 Å². The second-order valence-electron chi connectivity index (χ2n) is 8.07. The molecule has 1 aliphatic heterocycles. The summed E-state index contributed by atoms with van der Waals surface area (Å²) in [4.78, 5) is 14.7. The van der Waals surface area contributed by atoms with Crippen LogP contribution in [-0.4, -0.2) is 33.3 Å². The standard InChI is InChI=1S/C22H30N4O/c1-17(19-10-6-3-7-11-19)23-22(27)25-12-13-26-21(16-25)15-20(24-26)14-18-8-4-2-5-9-18/h2,4-5,8-9,15,17,19H,3,6-7,10-14,16H2,1H3,(H,23,27)/t17-/m0/s1. The first-order chi connectivity index (χ1) is 13.2. The summed E-state index contributed by atoms with van der Waals surface area (Å²) in [7, 11) is 0. The minimum Gasteiger partial charge on any atom is -0.335 e. The zero-order chi connectivity index (χ0) is 18.6. The van der Waals surface area contributed by atoms with Gasteiger partial charge < -0.3 is 10.2 Å². The van der Waals surface area contributed by atoms with Crippen molar-refractivity contribution in [1.82, 2.24) is 20.0 Å². The summed E-state index contributed by atoms with van der Waals surface area (Å²) in [6.07, 6.45) is 7.29. The molecule has 1 aromatic heterocycles. The van der Waals surface area contributed by atoms with Crippen molar-refractivity contribution in [3.8, 4) is 0 Å². The molecule has 0 bridgehead atoms. The van der Waals surface area contributed by atoms with Crippen molar-refractivity contribution in [2.24, 2.45) is 5.92 Å². The van der Waals surface area contributed by atoms with Crippen LogP contribution in [0.4, 0.5) is 4.79 Å². The van der Waals surface area contributed by atoms with E-state index in [0.717, 1.165) is 30.9 Å². The maximum Gasteiger partial charge on any atom is 0.318 e. The summed E-state index contributed by atoms with van der Waals surface area (Å²) in [5, 5.41) is 7.99. The lowest BCUT2D eigenvalue weighted by Crippen LogP contribution is -2.49. The first-order valence-corrected chi connectivity index (χ1v) is 10.3. The summed E-state index contributed by atoms with van der Waals surface area (Å²) in [5.74, 6) is 0.635. The summed E-state index contributed by atoms with van der Waals surface area (Å²) in [6, 6.07) is 12.9. The van der Waals surface area contributed by atoms with Crippen molar-refractivity contribution >= 4 is 6.03 Å². The second kappa shape index (κ2) is 8.15. The molecular formula is C22H30N4O. The van der Waals surface area contributed by atoms with Crippen molar-refractivity contribution in [2.45, 2.75) is 64.6 Å². The van der Waals surface area contributed by atoms with E-state index in [1.54, 1.807) is 0 Å². The number of hydrogen-bond donors (Lipinski definition) is 1. The van der Waals surface area contributed by atoms with E-state index in [1.807, 2.05) is 11.0 Å². The molecule has 0 radical (unpaired) electrons. The molecule has 2 heterocycles. The minimum absolute atomic E-state index is 0.0742. The third kappa shape index (κ3) is 4.34. The van der Waals surface area contributed by atoms with Crippen molar-refractivity contribution in [2.75, 3.05) is 6.54 Å². The average molecular weight is 367 g/mol. The average Bonchev–Trinajstić information content (AvgIpc) is 3.10. The second-order valence-corrected chi connectivity index (χ2v) is 8.07. The molecule has 0 spiro atoms. The zero-order valence-electron chi connectivity index (χ0n) is 16.2. The van der Waals surface area contributed by atoms with Gasteiger partial charge in [0.1, 0.15) is 0 Å². The van der Waals surface area contributed by atoms with Crippen LogP contribution in [0.2, 0.25) is 0 Å². The highest BCUT2D eigenvalue weighted by Crippen LogP contribution is 2.26. The summed E-state index contributed by atoms with van der Waals surface area (Å²) in [5.41, 5.74) is 3.48. The normalized spacial score (nSPS) is 18.8. The monoisotopic (exact) mass is 366 g/mol. The van der Waals surface area contributed by atoms with E-state index >= 15 is 0 Å². The van der Waals surface area contributed by atoms with Crippen molar-refractivity contribution < 1.29 is 4.79 Å². The van der Waals surface area contributed by atoms with Gasteiger partial charge in [0.15, 0.2) is 0 Å². The first kappa shape index (κ1) is 18.1. The Labute approximate surface area is 161 Å². The Hall–Kier alpha value is -2.30. The van der Waals surface area contributed by atoms with Crippen molar-refractivity contribution in [3.05, 3.63) is 53.3 Å². The van der Waals surface area contributed by atoms with Crippen molar-refractivity contribution in [1.29, 1.82) is 0 Å². The number of nitrogens with one attached hydrogen (secondary N) is 1. The number of urea groups is 1. The van der Waals surface area contributed by atoms with Gasteiger partial charge in [-0.3, -0.25) is 4.68 Å². The van der Waals surface area contributed by atoms with Gasteiger partial charge in [-0.15, -0.1) is 0 Å². The highest BCUT2D eigenvalue weighted by Gasteiger charge is 2.26. The fourth-order valence-corrected chi connectivity index (χ4v) is 4.43. The van der Waals surface area contributed by atoms with Gasteiger partial charge in [-0.1, -0.05) is 49.6 Å². The number of carbonyl (C=O) groups excluding carboxylic acids is 1. The molecule has 1 N–H and O–H groups in total. The van der Waals surface area contributed by atoms with Gasteiger partial charge >= 0.3 is 6.03 Å². The van der Waals surface area contributed by atoms with E-state index in [9.17, 15) is 4.79 Å². The number of aromatic nitrogens is 2. The van der Waals surface area contributed by atoms with E-state index in [4.69, 9.17) is 5.10 Å². The molecule has 27 heavy (non-hydrogen) atoms. The third-order valence-corrected chi connectivity index (χ3v) is 6.07. The Morgan fingerprint density at radius 3 is 2.74 bits per heavy atom. The molecule has 5 heteroatoms. The number of fused-ring (bicyclic) bond motifs is 1. The Morgan fingerprint density at radius 1 is 1.19 bits per heavy atom. The molecule has 1 atom stereocenters. The summed E-state index contributed by atoms with van der Waals surface area (Å²) >= 11 is 0. The van der Waals surface area contributed by atoms with Gasteiger partial charge in [0.2, 0.25) is 0 Å². The van der Waals surface area contributed by atoms with Crippen LogP contribution >= 0.6 is 0 Å². The quantitative estimate of drug-likeness (QED) is 0.890. The van der Waals surface area contributed by atoms with E-state index in [0.29, 0.717) is 12.5 Å². The third-order valence-electron chi connectivity index (χ3n) is 6.07. The molecular weight excluding hydrogens is 336 g/mol. The molecule has 2 aliphatic rings. The number of nitrogens with zero attached hydrogens (tertiary/aromatic N) is 3. The van der Waals surface area contributed by atoms with Gasteiger partial charge in [0, 0.05) is 19.0 Å². The molecule has 1 aliphatic carbocycles. The Kier molecular flexibility index (Phi) is 5.46. The topological polar surface area (TPSA) is 50.2 Å². The van der Waals surface area contributed by atoms with Crippen molar-refractivity contribution in [3.63, 3.8) is 0 Å². The van der Waals surface area contributed by atoms with Gasteiger partial charge in [-0.25, -0.2) is 4.79 Å². The van der Waals surface area contributed by atoms with Crippen LogP contribution in [0.3, 0.4) is 0 Å². The Balaban J connectivity index is 1.35. The highest BCUT2D eigenvalue weighted by molar-refractivity contribution is 5.74. The summed E-state index contributed by atoms with van der Waals surface area (Å²) in [6.45, 7) is 4.31. The minimum atomic E-state index is 0.0742. The van der Waals surface area contributed by atoms with E-state index < -0.39 is 0 Å². The van der Waals surface area contributed by atoms with Crippen LogP contribution in [0.15, 0.2) is 36.4 Å². The lowest BCUT2D eigenvalue weighted by molar-refractivity contribution is 0.170. The van der Waals surface area contributed by atoms with Crippen LogP contribution in [-0.2, 0) is 19.5 Å². The fraction of sp³-hybridized carbons (Fsp3) is 0.545. The molecule has 1 saturated carbocycles. The molecule has 5 nitrogen and oxygen atoms in total. The van der Waals surface area contributed by atoms with E-state index in [2.05, 4.69) is 47.3 Å². The first-order valence-electron chi connectivity index (χ1n) is 10.3. The van der Waals surface area contributed by atoms with Gasteiger partial charge in [0.25, 0.3) is 0 Å². The van der Waals surface area contributed by atoms with Gasteiger partial charge in [0.05, 0.1) is 24.5 Å². The van der Waals surface area contributed by atoms with Gasteiger partial charge in [-0.2, -0.15) is 5.10 Å². The van der Waals surface area contributed by atoms with Crippen LogP contribution in [0.5, 0.6) is 0 Å². The van der Waals surface area contributed by atoms with Crippen LogP contribution in [0.25, 0.3) is 0 Å². The number of rotatable bonds is 4. The number of hydrogen-bond acceptors (Lipinski definition) is 2. The molecule has 0 saturated heterocycles. The molecule has 2 amide bonds. The number of carbonyl (C=O) groups is 1. The predicted octanol–water partition coefficient (Wildman–Crippen LogP) is 3.97. The predicted molar refractivity (Wildman–Crippen MR) is 106 cm³/mol. The molecule has 1 fully saturated rings. The maximum absolute atomic E-state index is 12.7. The molecule has 0 unspecified atom stereocenters. The lowest BCUT2D eigenvalue weighted by atomic mass is 9.84. The van der Waals surface area contributed by atoms with E-state index in [-0.39, 0.29) is 12.1 Å². The fourth-order valence-electron chi connectivity index (χ4n) is 4.43. The zero-order valence-corrected chi connectivity index (χ0v) is 16.2.